The van der Waals surface area contributed by atoms with E-state index in [2.05, 4.69) is 15.3 Å². The smallest absolute Gasteiger partial charge is 0.273 e. The molecule has 1 heterocycles. The summed E-state index contributed by atoms with van der Waals surface area (Å²) in [6, 6.07) is 0. The molecule has 0 unspecified atom stereocenters. The number of carbonyl (C=O) groups is 1. The van der Waals surface area contributed by atoms with Gasteiger partial charge >= 0.3 is 0 Å². The van der Waals surface area contributed by atoms with E-state index in [-0.39, 0.29) is 5.91 Å². The zero-order valence-electron chi connectivity index (χ0n) is 10.8. The third-order valence-corrected chi connectivity index (χ3v) is 2.34. The lowest BCUT2D eigenvalue weighted by Crippen LogP contribution is -2.34. The Balaban J connectivity index is 2.67. The molecule has 6 nitrogen and oxygen atoms in total. The van der Waals surface area contributed by atoms with E-state index in [4.69, 9.17) is 0 Å². The van der Waals surface area contributed by atoms with Crippen LogP contribution in [0.2, 0.25) is 0 Å². The second-order valence-electron chi connectivity index (χ2n) is 4.07. The van der Waals surface area contributed by atoms with Gasteiger partial charge in [-0.15, -0.1) is 0 Å². The van der Waals surface area contributed by atoms with Crippen molar-refractivity contribution in [2.75, 3.05) is 46.6 Å². The first-order valence-corrected chi connectivity index (χ1v) is 5.44. The number of aromatic nitrogens is 2. The number of carbonyl (C=O) groups excluding carboxylic acids is 1. The fourth-order valence-electron chi connectivity index (χ4n) is 1.24. The monoisotopic (exact) mass is 237 g/mol. The van der Waals surface area contributed by atoms with E-state index < -0.39 is 0 Å². The summed E-state index contributed by atoms with van der Waals surface area (Å²) in [6.45, 7) is 1.48. The van der Waals surface area contributed by atoms with Crippen molar-refractivity contribution in [1.29, 1.82) is 0 Å². The molecule has 0 bridgehead atoms. The van der Waals surface area contributed by atoms with Crippen LogP contribution in [0.4, 0.5) is 5.82 Å². The molecule has 0 aliphatic carbocycles. The maximum Gasteiger partial charge on any atom is 0.273 e. The molecule has 1 N–H and O–H groups in total. The number of anilines is 1. The predicted octanol–water partition coefficient (Wildman–Crippen LogP) is 0.152. The van der Waals surface area contributed by atoms with Gasteiger partial charge in [0.1, 0.15) is 11.5 Å². The van der Waals surface area contributed by atoms with Gasteiger partial charge < -0.3 is 15.1 Å². The highest BCUT2D eigenvalue weighted by Gasteiger charge is 2.13. The Kier molecular flexibility index (Phi) is 4.84. The molecule has 0 aliphatic heterocycles. The minimum absolute atomic E-state index is 0.114. The highest BCUT2D eigenvalue weighted by molar-refractivity contribution is 5.92. The van der Waals surface area contributed by atoms with Crippen LogP contribution in [-0.2, 0) is 0 Å². The molecule has 0 spiro atoms. The van der Waals surface area contributed by atoms with Gasteiger partial charge in [-0.05, 0) is 14.1 Å². The Morgan fingerprint density at radius 2 is 2.00 bits per heavy atom. The minimum Gasteiger partial charge on any atom is -0.372 e. The number of rotatable bonds is 5. The van der Waals surface area contributed by atoms with Crippen molar-refractivity contribution in [1.82, 2.24) is 19.8 Å². The lowest BCUT2D eigenvalue weighted by Gasteiger charge is -2.19. The van der Waals surface area contributed by atoms with Gasteiger partial charge in [0.2, 0.25) is 0 Å². The van der Waals surface area contributed by atoms with Gasteiger partial charge in [-0.25, -0.2) is 4.98 Å². The molecule has 0 aliphatic rings. The normalized spacial score (nSPS) is 10.4. The lowest BCUT2D eigenvalue weighted by atomic mass is 10.3. The molecule has 0 saturated heterocycles. The quantitative estimate of drug-likeness (QED) is 0.790. The van der Waals surface area contributed by atoms with Gasteiger partial charge in [0.25, 0.3) is 5.91 Å². The summed E-state index contributed by atoms with van der Waals surface area (Å²) in [5, 5.41) is 2.86. The van der Waals surface area contributed by atoms with Gasteiger partial charge in [-0.1, -0.05) is 0 Å². The molecule has 94 valence electrons. The Bertz CT molecular complexity index is 380. The number of nitrogens with one attached hydrogen (secondary N) is 1. The summed E-state index contributed by atoms with van der Waals surface area (Å²) in [4.78, 5) is 23.8. The van der Waals surface area contributed by atoms with E-state index in [1.54, 1.807) is 25.2 Å². The van der Waals surface area contributed by atoms with Crippen molar-refractivity contribution in [3.8, 4) is 0 Å². The largest absolute Gasteiger partial charge is 0.372 e. The van der Waals surface area contributed by atoms with Gasteiger partial charge in [-0.3, -0.25) is 9.78 Å². The molecule has 1 amide bonds. The predicted molar refractivity (Wildman–Crippen MR) is 67.1 cm³/mol. The Morgan fingerprint density at radius 1 is 1.29 bits per heavy atom. The van der Waals surface area contributed by atoms with Gasteiger partial charge in [0.15, 0.2) is 0 Å². The molecule has 6 heteroatoms. The number of nitrogens with zero attached hydrogens (tertiary/aromatic N) is 4. The average molecular weight is 237 g/mol. The van der Waals surface area contributed by atoms with E-state index in [9.17, 15) is 4.79 Å². The van der Waals surface area contributed by atoms with Crippen molar-refractivity contribution in [2.45, 2.75) is 0 Å². The Labute approximate surface area is 102 Å². The van der Waals surface area contributed by atoms with E-state index in [0.29, 0.717) is 18.1 Å². The second kappa shape index (κ2) is 6.15. The summed E-state index contributed by atoms with van der Waals surface area (Å²) in [5.74, 6) is 0.480. The van der Waals surface area contributed by atoms with E-state index >= 15 is 0 Å². The first kappa shape index (κ1) is 13.4. The Morgan fingerprint density at radius 3 is 2.59 bits per heavy atom. The van der Waals surface area contributed by atoms with Crippen LogP contribution < -0.4 is 5.32 Å². The van der Waals surface area contributed by atoms with Gasteiger partial charge in [-0.2, -0.15) is 0 Å². The number of amides is 1. The van der Waals surface area contributed by atoms with Crippen LogP contribution >= 0.6 is 0 Å². The number of hydrogen-bond donors (Lipinski definition) is 1. The molecule has 17 heavy (non-hydrogen) atoms. The molecular weight excluding hydrogens is 218 g/mol. The van der Waals surface area contributed by atoms with Crippen molar-refractivity contribution in [3.05, 3.63) is 18.1 Å². The van der Waals surface area contributed by atoms with Crippen LogP contribution in [0.1, 0.15) is 10.5 Å². The first-order valence-electron chi connectivity index (χ1n) is 5.44. The van der Waals surface area contributed by atoms with Gasteiger partial charge in [0.05, 0.1) is 12.4 Å². The van der Waals surface area contributed by atoms with Crippen LogP contribution in [0.25, 0.3) is 0 Å². The molecule has 0 saturated carbocycles. The van der Waals surface area contributed by atoms with Crippen LogP contribution in [0.5, 0.6) is 0 Å². The van der Waals surface area contributed by atoms with E-state index in [0.717, 1.165) is 6.54 Å². The topological polar surface area (TPSA) is 61.4 Å². The number of likely N-dealkylation sites (N-methyl/N-ethyl adjacent to an activating group) is 2. The lowest BCUT2D eigenvalue weighted by molar-refractivity contribution is 0.0780. The van der Waals surface area contributed by atoms with Crippen LogP contribution in [-0.4, -0.2) is 67.0 Å². The van der Waals surface area contributed by atoms with Crippen molar-refractivity contribution >= 4 is 11.7 Å². The maximum atomic E-state index is 12.0. The zero-order chi connectivity index (χ0) is 12.8. The van der Waals surface area contributed by atoms with Crippen LogP contribution in [0, 0.1) is 0 Å². The second-order valence-corrected chi connectivity index (χ2v) is 4.07. The summed E-state index contributed by atoms with van der Waals surface area (Å²) >= 11 is 0. The highest BCUT2D eigenvalue weighted by Crippen LogP contribution is 2.03. The Hall–Kier alpha value is -1.69. The molecular formula is C11H19N5O. The average Bonchev–Trinajstić information content (AvgIpc) is 2.35. The van der Waals surface area contributed by atoms with Crippen molar-refractivity contribution in [3.63, 3.8) is 0 Å². The molecule has 1 aromatic rings. The summed E-state index contributed by atoms with van der Waals surface area (Å²) in [6.07, 6.45) is 3.06. The fourth-order valence-corrected chi connectivity index (χ4v) is 1.24. The third kappa shape index (κ3) is 3.99. The van der Waals surface area contributed by atoms with Crippen LogP contribution in [0.15, 0.2) is 12.4 Å². The SMILES string of the molecule is CNc1cncc(C(=O)N(C)CCN(C)C)n1. The zero-order valence-corrected chi connectivity index (χ0v) is 10.8. The van der Waals surface area contributed by atoms with Crippen molar-refractivity contribution in [2.24, 2.45) is 0 Å². The summed E-state index contributed by atoms with van der Waals surface area (Å²) in [5.41, 5.74) is 0.359. The number of hydrogen-bond acceptors (Lipinski definition) is 5. The fraction of sp³-hybridized carbons (Fsp3) is 0.545. The van der Waals surface area contributed by atoms with E-state index in [1.165, 1.54) is 6.20 Å². The molecule has 1 aromatic heterocycles. The highest BCUT2D eigenvalue weighted by atomic mass is 16.2. The van der Waals surface area contributed by atoms with Crippen molar-refractivity contribution < 1.29 is 4.79 Å². The molecule has 1 rings (SSSR count). The standard InChI is InChI=1S/C11H19N5O/c1-12-10-8-13-7-9(14-10)11(17)16(4)6-5-15(2)3/h7-8H,5-6H2,1-4H3,(H,12,14). The molecule has 0 radical (unpaired) electrons. The van der Waals surface area contributed by atoms with Gasteiger partial charge in [0, 0.05) is 27.2 Å². The summed E-state index contributed by atoms with van der Waals surface area (Å²) in [7, 11) is 7.45. The third-order valence-electron chi connectivity index (χ3n) is 2.34. The van der Waals surface area contributed by atoms with Crippen LogP contribution in [0.3, 0.4) is 0 Å². The maximum absolute atomic E-state index is 12.0. The molecule has 0 aromatic carbocycles. The minimum atomic E-state index is -0.114. The summed E-state index contributed by atoms with van der Waals surface area (Å²) < 4.78 is 0. The first-order chi connectivity index (χ1) is 8.04. The van der Waals surface area contributed by atoms with E-state index in [1.807, 2.05) is 19.0 Å². The molecule has 0 fully saturated rings. The molecule has 0 atom stereocenters.